The van der Waals surface area contributed by atoms with Gasteiger partial charge in [0.05, 0.1) is 10.7 Å². The minimum absolute atomic E-state index is 0.559. The van der Waals surface area contributed by atoms with Crippen LogP contribution in [0.4, 0.5) is 0 Å². The summed E-state index contributed by atoms with van der Waals surface area (Å²) in [4.78, 5) is 4.65. The van der Waals surface area contributed by atoms with Gasteiger partial charge in [0.2, 0.25) is 0 Å². The molecule has 1 unspecified atom stereocenters. The normalized spacial score (nSPS) is 18.0. The Hall–Kier alpha value is -0.410. The standard InChI is InChI=1S/C13H22N2S/c1-4-12(10-5-6-10)14-7-11-8-16-13(15-11)9(2)3/h8-10,12,14H,4-7H2,1-3H3. The Bertz CT molecular complexity index is 328. The number of aromatic nitrogens is 1. The molecule has 1 aliphatic carbocycles. The van der Waals surface area contributed by atoms with Gasteiger partial charge in [-0.1, -0.05) is 20.8 Å². The van der Waals surface area contributed by atoms with Gasteiger partial charge in [-0.2, -0.15) is 0 Å². The molecule has 0 radical (unpaired) electrons. The van der Waals surface area contributed by atoms with Crippen LogP contribution < -0.4 is 5.32 Å². The zero-order chi connectivity index (χ0) is 11.5. The van der Waals surface area contributed by atoms with Crippen LogP contribution in [0.2, 0.25) is 0 Å². The van der Waals surface area contributed by atoms with E-state index in [0.717, 1.165) is 12.5 Å². The van der Waals surface area contributed by atoms with E-state index in [1.165, 1.54) is 30.0 Å². The average molecular weight is 238 g/mol. The van der Waals surface area contributed by atoms with Crippen LogP contribution >= 0.6 is 11.3 Å². The molecule has 16 heavy (non-hydrogen) atoms. The van der Waals surface area contributed by atoms with E-state index in [0.29, 0.717) is 12.0 Å². The fourth-order valence-electron chi connectivity index (χ4n) is 2.05. The first-order valence-corrected chi connectivity index (χ1v) is 7.26. The van der Waals surface area contributed by atoms with Crippen molar-refractivity contribution in [2.24, 2.45) is 5.92 Å². The number of nitrogens with zero attached hydrogens (tertiary/aromatic N) is 1. The molecule has 0 aliphatic heterocycles. The maximum atomic E-state index is 4.65. The van der Waals surface area contributed by atoms with E-state index < -0.39 is 0 Å². The van der Waals surface area contributed by atoms with E-state index in [2.05, 4.69) is 36.5 Å². The Kier molecular flexibility index (Phi) is 3.98. The van der Waals surface area contributed by atoms with Crippen molar-refractivity contribution in [2.45, 2.75) is 58.5 Å². The lowest BCUT2D eigenvalue weighted by Crippen LogP contribution is -2.29. The largest absolute Gasteiger partial charge is 0.308 e. The molecule has 3 heteroatoms. The lowest BCUT2D eigenvalue weighted by atomic mass is 10.1. The summed E-state index contributed by atoms with van der Waals surface area (Å²) >= 11 is 1.79. The molecule has 1 heterocycles. The second-order valence-electron chi connectivity index (χ2n) is 5.06. The highest BCUT2D eigenvalue weighted by Crippen LogP contribution is 2.34. The highest BCUT2D eigenvalue weighted by atomic mass is 32.1. The van der Waals surface area contributed by atoms with Crippen LogP contribution in [0.15, 0.2) is 5.38 Å². The highest BCUT2D eigenvalue weighted by molar-refractivity contribution is 7.09. The molecule has 0 spiro atoms. The van der Waals surface area contributed by atoms with Crippen molar-refractivity contribution in [1.82, 2.24) is 10.3 Å². The van der Waals surface area contributed by atoms with Crippen LogP contribution in [-0.2, 0) is 6.54 Å². The number of rotatable bonds is 6. The van der Waals surface area contributed by atoms with E-state index in [4.69, 9.17) is 0 Å². The van der Waals surface area contributed by atoms with Crippen molar-refractivity contribution in [3.05, 3.63) is 16.1 Å². The van der Waals surface area contributed by atoms with Gasteiger partial charge in [0, 0.05) is 23.9 Å². The van der Waals surface area contributed by atoms with E-state index in [1.807, 2.05) is 0 Å². The van der Waals surface area contributed by atoms with Crippen molar-refractivity contribution < 1.29 is 0 Å². The molecule has 2 nitrogen and oxygen atoms in total. The van der Waals surface area contributed by atoms with Crippen LogP contribution in [0, 0.1) is 5.92 Å². The number of thiazole rings is 1. The summed E-state index contributed by atoms with van der Waals surface area (Å²) in [5, 5.41) is 7.10. The maximum absolute atomic E-state index is 4.65. The fraction of sp³-hybridized carbons (Fsp3) is 0.769. The smallest absolute Gasteiger partial charge is 0.0954 e. The van der Waals surface area contributed by atoms with Gasteiger partial charge in [-0.3, -0.25) is 0 Å². The van der Waals surface area contributed by atoms with Crippen LogP contribution in [0.5, 0.6) is 0 Å². The third-order valence-electron chi connectivity index (χ3n) is 3.24. The number of nitrogens with one attached hydrogen (secondary N) is 1. The quantitative estimate of drug-likeness (QED) is 0.820. The van der Waals surface area contributed by atoms with Crippen LogP contribution in [0.3, 0.4) is 0 Å². The molecule has 1 fully saturated rings. The minimum Gasteiger partial charge on any atom is -0.308 e. The molecule has 1 aromatic heterocycles. The van der Waals surface area contributed by atoms with Gasteiger partial charge in [-0.15, -0.1) is 11.3 Å². The zero-order valence-corrected chi connectivity index (χ0v) is 11.3. The molecule has 0 amide bonds. The van der Waals surface area contributed by atoms with E-state index >= 15 is 0 Å². The first kappa shape index (κ1) is 12.1. The van der Waals surface area contributed by atoms with Crippen molar-refractivity contribution in [2.75, 3.05) is 0 Å². The molecule has 1 aromatic rings. The summed E-state index contributed by atoms with van der Waals surface area (Å²) in [5.74, 6) is 1.50. The average Bonchev–Trinajstić information content (AvgIpc) is 2.97. The number of hydrogen-bond acceptors (Lipinski definition) is 3. The Balaban J connectivity index is 1.83. The Labute approximate surface area is 102 Å². The van der Waals surface area contributed by atoms with Crippen molar-refractivity contribution in [3.8, 4) is 0 Å². The summed E-state index contributed by atoms with van der Waals surface area (Å²) in [6.07, 6.45) is 4.07. The summed E-state index contributed by atoms with van der Waals surface area (Å²) < 4.78 is 0. The van der Waals surface area contributed by atoms with Crippen LogP contribution in [0.25, 0.3) is 0 Å². The molecule has 0 aromatic carbocycles. The second-order valence-corrected chi connectivity index (χ2v) is 5.95. The maximum Gasteiger partial charge on any atom is 0.0954 e. The molecule has 1 N–H and O–H groups in total. The van der Waals surface area contributed by atoms with Crippen molar-refractivity contribution in [1.29, 1.82) is 0 Å². The molecule has 1 saturated carbocycles. The zero-order valence-electron chi connectivity index (χ0n) is 10.5. The number of hydrogen-bond donors (Lipinski definition) is 1. The topological polar surface area (TPSA) is 24.9 Å². The van der Waals surface area contributed by atoms with E-state index in [-0.39, 0.29) is 0 Å². The molecule has 1 atom stereocenters. The van der Waals surface area contributed by atoms with Gasteiger partial charge in [0.25, 0.3) is 0 Å². The second kappa shape index (κ2) is 5.28. The third-order valence-corrected chi connectivity index (χ3v) is 4.43. The lowest BCUT2D eigenvalue weighted by Gasteiger charge is -2.14. The predicted molar refractivity (Wildman–Crippen MR) is 69.8 cm³/mol. The molecule has 2 rings (SSSR count). The van der Waals surface area contributed by atoms with E-state index in [1.54, 1.807) is 11.3 Å². The van der Waals surface area contributed by atoms with E-state index in [9.17, 15) is 0 Å². The van der Waals surface area contributed by atoms with Gasteiger partial charge in [-0.05, 0) is 25.2 Å². The first-order valence-electron chi connectivity index (χ1n) is 6.38. The van der Waals surface area contributed by atoms with Gasteiger partial charge in [0.15, 0.2) is 0 Å². The summed E-state index contributed by atoms with van der Waals surface area (Å²) in [7, 11) is 0. The molecular formula is C13H22N2S. The molecule has 0 saturated heterocycles. The monoisotopic (exact) mass is 238 g/mol. The fourth-order valence-corrected chi connectivity index (χ4v) is 2.88. The molecule has 1 aliphatic rings. The van der Waals surface area contributed by atoms with Gasteiger partial charge < -0.3 is 5.32 Å². The SMILES string of the molecule is CCC(NCc1csc(C(C)C)n1)C1CC1. The predicted octanol–water partition coefficient (Wildman–Crippen LogP) is 3.54. The Morgan fingerprint density at radius 3 is 2.75 bits per heavy atom. The molecule has 90 valence electrons. The Morgan fingerprint density at radius 1 is 1.50 bits per heavy atom. The molecular weight excluding hydrogens is 216 g/mol. The minimum atomic E-state index is 0.559. The van der Waals surface area contributed by atoms with Gasteiger partial charge >= 0.3 is 0 Å². The summed E-state index contributed by atoms with van der Waals surface area (Å²) in [6, 6.07) is 0.712. The van der Waals surface area contributed by atoms with Crippen LogP contribution in [0.1, 0.15) is 56.7 Å². The summed E-state index contributed by atoms with van der Waals surface area (Å²) in [5.41, 5.74) is 1.22. The first-order chi connectivity index (χ1) is 7.70. The summed E-state index contributed by atoms with van der Waals surface area (Å²) in [6.45, 7) is 7.62. The third kappa shape index (κ3) is 3.05. The van der Waals surface area contributed by atoms with Crippen molar-refractivity contribution >= 4 is 11.3 Å². The van der Waals surface area contributed by atoms with Crippen LogP contribution in [-0.4, -0.2) is 11.0 Å². The Morgan fingerprint density at radius 2 is 2.25 bits per heavy atom. The van der Waals surface area contributed by atoms with Gasteiger partial charge in [0.1, 0.15) is 0 Å². The highest BCUT2D eigenvalue weighted by Gasteiger charge is 2.29. The van der Waals surface area contributed by atoms with Crippen molar-refractivity contribution in [3.63, 3.8) is 0 Å². The van der Waals surface area contributed by atoms with Gasteiger partial charge in [-0.25, -0.2) is 4.98 Å². The lowest BCUT2D eigenvalue weighted by molar-refractivity contribution is 0.446. The molecule has 0 bridgehead atoms.